The number of aryl methyl sites for hydroxylation is 1. The van der Waals surface area contributed by atoms with E-state index in [1.807, 2.05) is 37.3 Å². The number of benzene rings is 2. The lowest BCUT2D eigenvalue weighted by molar-refractivity contribution is -0.124. The topological polar surface area (TPSA) is 68.3 Å². The van der Waals surface area contributed by atoms with Crippen LogP contribution in [0, 0.1) is 12.7 Å². The molecule has 0 bridgehead atoms. The van der Waals surface area contributed by atoms with Gasteiger partial charge in [0.25, 0.3) is 5.91 Å². The summed E-state index contributed by atoms with van der Waals surface area (Å²) in [6, 6.07) is 15.0. The molecule has 0 fully saturated rings. The zero-order chi connectivity index (χ0) is 19.4. The van der Waals surface area contributed by atoms with E-state index in [4.69, 9.17) is 4.74 Å². The predicted octanol–water partition coefficient (Wildman–Crippen LogP) is 3.72. The van der Waals surface area contributed by atoms with Crippen molar-refractivity contribution in [1.29, 1.82) is 0 Å². The second kappa shape index (κ2) is 7.95. The van der Waals surface area contributed by atoms with Crippen LogP contribution in [-0.2, 0) is 9.53 Å². The number of esters is 1. The molecule has 138 valence electrons. The van der Waals surface area contributed by atoms with E-state index in [0.29, 0.717) is 16.6 Å². The number of amides is 1. The Morgan fingerprint density at radius 1 is 1.15 bits per heavy atom. The number of hydrogen-bond donors (Lipinski definition) is 1. The van der Waals surface area contributed by atoms with Gasteiger partial charge in [0.05, 0.1) is 22.8 Å². The van der Waals surface area contributed by atoms with Gasteiger partial charge in [-0.05, 0) is 37.6 Å². The van der Waals surface area contributed by atoms with Gasteiger partial charge in [0.2, 0.25) is 0 Å². The third kappa shape index (κ3) is 4.47. The molecule has 1 heterocycles. The highest BCUT2D eigenvalue weighted by molar-refractivity contribution is 5.96. The average molecular weight is 366 g/mol. The molecule has 1 unspecified atom stereocenters. The highest BCUT2D eigenvalue weighted by Gasteiger charge is 2.16. The Morgan fingerprint density at radius 3 is 2.63 bits per heavy atom. The van der Waals surface area contributed by atoms with Gasteiger partial charge in [-0.2, -0.15) is 0 Å². The Hall–Kier alpha value is -3.28. The molecule has 1 amide bonds. The quantitative estimate of drug-likeness (QED) is 0.699. The first-order valence-corrected chi connectivity index (χ1v) is 8.52. The zero-order valence-electron chi connectivity index (χ0n) is 15.0. The van der Waals surface area contributed by atoms with Crippen molar-refractivity contribution in [2.24, 2.45) is 0 Å². The number of fused-ring (bicyclic) bond motifs is 1. The maximum atomic E-state index is 13.3. The van der Waals surface area contributed by atoms with Crippen LogP contribution in [0.3, 0.4) is 0 Å². The van der Waals surface area contributed by atoms with Crippen LogP contribution >= 0.6 is 0 Å². The number of aromatic nitrogens is 1. The highest BCUT2D eigenvalue weighted by Crippen LogP contribution is 2.18. The van der Waals surface area contributed by atoms with E-state index in [1.54, 1.807) is 19.1 Å². The van der Waals surface area contributed by atoms with Gasteiger partial charge in [0.15, 0.2) is 6.61 Å². The fourth-order valence-electron chi connectivity index (χ4n) is 2.76. The monoisotopic (exact) mass is 366 g/mol. The summed E-state index contributed by atoms with van der Waals surface area (Å²) in [7, 11) is 0. The maximum absolute atomic E-state index is 13.3. The van der Waals surface area contributed by atoms with E-state index < -0.39 is 24.3 Å². The summed E-state index contributed by atoms with van der Waals surface area (Å²) in [5.41, 5.74) is 2.08. The maximum Gasteiger partial charge on any atom is 0.340 e. The Morgan fingerprint density at radius 2 is 1.89 bits per heavy atom. The molecule has 0 saturated carbocycles. The van der Waals surface area contributed by atoms with Crippen LogP contribution in [0.5, 0.6) is 0 Å². The molecule has 0 radical (unpaired) electrons. The van der Waals surface area contributed by atoms with Crippen LogP contribution in [-0.4, -0.2) is 23.5 Å². The van der Waals surface area contributed by atoms with Crippen molar-refractivity contribution in [2.75, 3.05) is 6.61 Å². The van der Waals surface area contributed by atoms with E-state index in [-0.39, 0.29) is 11.6 Å². The smallest absolute Gasteiger partial charge is 0.340 e. The third-order valence-corrected chi connectivity index (χ3v) is 4.20. The second-order valence-electron chi connectivity index (χ2n) is 6.23. The number of carbonyl (C=O) groups excluding carboxylic acids is 2. The fraction of sp³-hybridized carbons (Fsp3) is 0.190. The summed E-state index contributed by atoms with van der Waals surface area (Å²) < 4.78 is 18.4. The molecule has 5 nitrogen and oxygen atoms in total. The van der Waals surface area contributed by atoms with Crippen molar-refractivity contribution in [3.63, 3.8) is 0 Å². The number of ether oxygens (including phenoxy) is 1. The lowest BCUT2D eigenvalue weighted by Crippen LogP contribution is -2.31. The van der Waals surface area contributed by atoms with Crippen molar-refractivity contribution in [3.05, 3.63) is 77.2 Å². The molecule has 1 atom stereocenters. The van der Waals surface area contributed by atoms with Crippen molar-refractivity contribution < 1.29 is 18.7 Å². The van der Waals surface area contributed by atoms with Crippen LogP contribution < -0.4 is 5.32 Å². The number of carbonyl (C=O) groups is 2. The minimum Gasteiger partial charge on any atom is -0.452 e. The van der Waals surface area contributed by atoms with Crippen LogP contribution in [0.2, 0.25) is 0 Å². The van der Waals surface area contributed by atoms with E-state index in [2.05, 4.69) is 10.3 Å². The molecule has 0 aliphatic carbocycles. The third-order valence-electron chi connectivity index (χ3n) is 4.20. The number of nitrogens with one attached hydrogen (secondary N) is 1. The van der Waals surface area contributed by atoms with Crippen LogP contribution in [0.25, 0.3) is 10.9 Å². The molecule has 6 heteroatoms. The molecule has 3 rings (SSSR count). The molecular formula is C21H19FN2O3. The van der Waals surface area contributed by atoms with E-state index >= 15 is 0 Å². The lowest BCUT2D eigenvalue weighted by atomic mass is 10.1. The van der Waals surface area contributed by atoms with E-state index in [1.165, 1.54) is 12.1 Å². The first kappa shape index (κ1) is 18.5. The number of hydrogen-bond acceptors (Lipinski definition) is 4. The summed E-state index contributed by atoms with van der Waals surface area (Å²) in [5, 5.41) is 3.40. The van der Waals surface area contributed by atoms with Gasteiger partial charge < -0.3 is 10.1 Å². The van der Waals surface area contributed by atoms with Gasteiger partial charge in [-0.1, -0.05) is 30.3 Å². The second-order valence-corrected chi connectivity index (χ2v) is 6.23. The summed E-state index contributed by atoms with van der Waals surface area (Å²) >= 11 is 0. The Balaban J connectivity index is 1.63. The summed E-state index contributed by atoms with van der Waals surface area (Å²) in [6.45, 7) is 3.10. The molecule has 3 aromatic rings. The van der Waals surface area contributed by atoms with Crippen molar-refractivity contribution in [1.82, 2.24) is 10.3 Å². The zero-order valence-corrected chi connectivity index (χ0v) is 15.0. The van der Waals surface area contributed by atoms with Crippen LogP contribution in [0.15, 0.2) is 54.6 Å². The normalized spacial score (nSPS) is 11.8. The fourth-order valence-corrected chi connectivity index (χ4v) is 2.76. The van der Waals surface area contributed by atoms with Gasteiger partial charge in [0, 0.05) is 11.5 Å². The highest BCUT2D eigenvalue weighted by atomic mass is 19.1. The van der Waals surface area contributed by atoms with Crippen LogP contribution in [0.4, 0.5) is 4.39 Å². The lowest BCUT2D eigenvalue weighted by Gasteiger charge is -2.14. The van der Waals surface area contributed by atoms with E-state index in [9.17, 15) is 14.0 Å². The SMILES string of the molecule is Cc1nc2cc(F)ccc2cc1C(=O)OCC(=O)NC(C)c1ccccc1. The Bertz CT molecular complexity index is 989. The number of nitrogens with zero attached hydrogens (tertiary/aromatic N) is 1. The predicted molar refractivity (Wildman–Crippen MR) is 99.7 cm³/mol. The average Bonchev–Trinajstić information content (AvgIpc) is 2.66. The van der Waals surface area contributed by atoms with Gasteiger partial charge in [-0.25, -0.2) is 9.18 Å². The molecule has 27 heavy (non-hydrogen) atoms. The summed E-state index contributed by atoms with van der Waals surface area (Å²) in [5.74, 6) is -1.43. The molecule has 0 aliphatic rings. The van der Waals surface area contributed by atoms with Crippen LogP contribution in [0.1, 0.15) is 34.6 Å². The van der Waals surface area contributed by atoms with Gasteiger partial charge >= 0.3 is 5.97 Å². The Kier molecular flexibility index (Phi) is 5.45. The van der Waals surface area contributed by atoms with Crippen molar-refractivity contribution in [3.8, 4) is 0 Å². The standard InChI is InChI=1S/C21H19FN2O3/c1-13(15-6-4-3-5-7-15)24-20(25)12-27-21(26)18-10-16-8-9-17(22)11-19(16)23-14(18)2/h3-11,13H,12H2,1-2H3,(H,24,25). The van der Waals surface area contributed by atoms with Gasteiger partial charge in [-0.15, -0.1) is 0 Å². The first-order chi connectivity index (χ1) is 12.9. The van der Waals surface area contributed by atoms with E-state index in [0.717, 1.165) is 5.56 Å². The number of halogens is 1. The molecule has 0 aliphatic heterocycles. The summed E-state index contributed by atoms with van der Waals surface area (Å²) in [4.78, 5) is 28.6. The molecular weight excluding hydrogens is 347 g/mol. The molecule has 0 spiro atoms. The number of pyridine rings is 1. The minimum absolute atomic E-state index is 0.198. The van der Waals surface area contributed by atoms with Crippen molar-refractivity contribution in [2.45, 2.75) is 19.9 Å². The molecule has 1 N–H and O–H groups in total. The Labute approximate surface area is 156 Å². The van der Waals surface area contributed by atoms with Gasteiger partial charge in [-0.3, -0.25) is 9.78 Å². The summed E-state index contributed by atoms with van der Waals surface area (Å²) in [6.07, 6.45) is 0. The molecule has 0 saturated heterocycles. The minimum atomic E-state index is -0.645. The molecule has 2 aromatic carbocycles. The first-order valence-electron chi connectivity index (χ1n) is 8.52. The largest absolute Gasteiger partial charge is 0.452 e. The number of rotatable bonds is 5. The molecule has 1 aromatic heterocycles. The van der Waals surface area contributed by atoms with Gasteiger partial charge in [0.1, 0.15) is 5.82 Å². The van der Waals surface area contributed by atoms with Crippen molar-refractivity contribution >= 4 is 22.8 Å².